The van der Waals surface area contributed by atoms with Crippen molar-refractivity contribution in [3.8, 4) is 0 Å². The minimum absolute atomic E-state index is 0.0216. The number of pyridine rings is 1. The third-order valence-corrected chi connectivity index (χ3v) is 7.51. The smallest absolute Gasteiger partial charge is 0.322 e. The molecule has 0 saturated carbocycles. The molecule has 0 amide bonds. The molecule has 0 aliphatic carbocycles. The van der Waals surface area contributed by atoms with E-state index in [4.69, 9.17) is 4.74 Å². The van der Waals surface area contributed by atoms with Crippen molar-refractivity contribution in [1.82, 2.24) is 9.71 Å². The Morgan fingerprint density at radius 1 is 1.24 bits per heavy atom. The lowest BCUT2D eigenvalue weighted by molar-refractivity contribution is -0.141. The molecule has 172 valence electrons. The van der Waals surface area contributed by atoms with Crippen LogP contribution in [-0.2, 0) is 19.6 Å². The number of nitrogens with one attached hydrogen (secondary N) is 1. The molecule has 8 heteroatoms. The van der Waals surface area contributed by atoms with Crippen molar-refractivity contribution in [3.05, 3.63) is 84.7 Å². The molecule has 2 N–H and O–H groups in total. The van der Waals surface area contributed by atoms with Gasteiger partial charge in [0.2, 0.25) is 10.0 Å². The van der Waals surface area contributed by atoms with Crippen LogP contribution in [0.5, 0.6) is 0 Å². The molecule has 2 heterocycles. The number of sulfonamides is 1. The third kappa shape index (κ3) is 4.83. The molecule has 1 fully saturated rings. The number of hydrogen-bond acceptors (Lipinski definition) is 5. The van der Waals surface area contributed by atoms with Crippen LogP contribution >= 0.6 is 0 Å². The fraction of sp³-hybridized carbons (Fsp3) is 0.280. The zero-order chi connectivity index (χ0) is 23.6. The number of aliphatic carboxylic acids is 1. The number of aryl methyl sites for hydroxylation is 1. The van der Waals surface area contributed by atoms with Gasteiger partial charge in [-0.3, -0.25) is 9.78 Å². The van der Waals surface area contributed by atoms with Gasteiger partial charge in [-0.1, -0.05) is 48.0 Å². The second kappa shape index (κ2) is 9.43. The number of carboxylic acids is 1. The van der Waals surface area contributed by atoms with E-state index in [9.17, 15) is 18.3 Å². The maximum Gasteiger partial charge on any atom is 0.322 e. The van der Waals surface area contributed by atoms with Crippen molar-refractivity contribution in [2.45, 2.75) is 42.9 Å². The highest BCUT2D eigenvalue weighted by molar-refractivity contribution is 7.89. The summed E-state index contributed by atoms with van der Waals surface area (Å²) in [5.74, 6) is -1.84. The lowest BCUT2D eigenvalue weighted by Crippen LogP contribution is -2.48. The van der Waals surface area contributed by atoms with Gasteiger partial charge in [-0.2, -0.15) is 4.72 Å². The highest BCUT2D eigenvalue weighted by Gasteiger charge is 2.44. The summed E-state index contributed by atoms with van der Waals surface area (Å²) < 4.78 is 34.6. The molecule has 4 rings (SSSR count). The predicted molar refractivity (Wildman–Crippen MR) is 125 cm³/mol. The van der Waals surface area contributed by atoms with E-state index in [-0.39, 0.29) is 4.90 Å². The van der Waals surface area contributed by atoms with Crippen LogP contribution in [-0.4, -0.2) is 36.6 Å². The summed E-state index contributed by atoms with van der Waals surface area (Å²) in [5, 5.41) is 11.9. The molecule has 1 aromatic heterocycles. The Hall–Kier alpha value is -3.07. The van der Waals surface area contributed by atoms with Gasteiger partial charge in [0, 0.05) is 29.3 Å². The second-order valence-corrected chi connectivity index (χ2v) is 10.0. The van der Waals surface area contributed by atoms with E-state index in [1.54, 1.807) is 30.6 Å². The van der Waals surface area contributed by atoms with Gasteiger partial charge < -0.3 is 9.84 Å². The SMILES string of the molecule is C=CC[C@@H]1OC(c2cncc3ccccc23)C[C@@H]1C(NS(=O)(=O)c1ccc(C)cc1)C(=O)O. The molecule has 0 radical (unpaired) electrons. The average Bonchev–Trinajstić information content (AvgIpc) is 3.21. The number of aromatic nitrogens is 1. The first kappa shape index (κ1) is 23.1. The van der Waals surface area contributed by atoms with Crippen LogP contribution in [0.3, 0.4) is 0 Å². The molecule has 33 heavy (non-hydrogen) atoms. The normalized spacial score (nSPS) is 21.7. The number of ether oxygens (including phenoxy) is 1. The molecule has 4 atom stereocenters. The molecular weight excluding hydrogens is 440 g/mol. The molecule has 1 aliphatic rings. The van der Waals surface area contributed by atoms with Crippen molar-refractivity contribution in [2.75, 3.05) is 0 Å². The topological polar surface area (TPSA) is 106 Å². The molecule has 2 unspecified atom stereocenters. The standard InChI is InChI=1S/C25H26N2O5S/c1-3-6-22-20(13-23(32-22)21-15-26-14-17-7-4-5-8-19(17)21)24(25(28)29)27-33(30,31)18-11-9-16(2)10-12-18/h3-5,7-12,14-15,20,22-24,27H,1,6,13H2,2H3,(H,28,29)/t20-,22-,23?,24?/m0/s1. The van der Waals surface area contributed by atoms with Crippen LogP contribution in [0, 0.1) is 12.8 Å². The predicted octanol–water partition coefficient (Wildman–Crippen LogP) is 4.00. The monoisotopic (exact) mass is 466 g/mol. The van der Waals surface area contributed by atoms with Gasteiger partial charge in [-0.05, 0) is 37.3 Å². The molecule has 1 aliphatic heterocycles. The summed E-state index contributed by atoms with van der Waals surface area (Å²) in [6.07, 6.45) is 4.97. The van der Waals surface area contributed by atoms with Crippen LogP contribution in [0.1, 0.15) is 30.1 Å². The van der Waals surface area contributed by atoms with Crippen LogP contribution < -0.4 is 4.72 Å². The van der Waals surface area contributed by atoms with Gasteiger partial charge >= 0.3 is 5.97 Å². The number of hydrogen-bond donors (Lipinski definition) is 2. The molecular formula is C25H26N2O5S. The van der Waals surface area contributed by atoms with Crippen LogP contribution in [0.25, 0.3) is 10.8 Å². The van der Waals surface area contributed by atoms with Gasteiger partial charge in [0.25, 0.3) is 0 Å². The van der Waals surface area contributed by atoms with E-state index in [1.807, 2.05) is 31.2 Å². The first-order valence-corrected chi connectivity index (χ1v) is 12.2. The van der Waals surface area contributed by atoms with Gasteiger partial charge in [0.05, 0.1) is 17.1 Å². The Labute approximate surface area is 193 Å². The van der Waals surface area contributed by atoms with Gasteiger partial charge in [-0.25, -0.2) is 8.42 Å². The van der Waals surface area contributed by atoms with E-state index in [0.29, 0.717) is 12.8 Å². The van der Waals surface area contributed by atoms with E-state index in [2.05, 4.69) is 16.3 Å². The molecule has 1 saturated heterocycles. The molecule has 0 bridgehead atoms. The van der Waals surface area contributed by atoms with Crippen LogP contribution in [0.15, 0.2) is 78.5 Å². The maximum absolute atomic E-state index is 13.0. The zero-order valence-corrected chi connectivity index (χ0v) is 19.0. The summed E-state index contributed by atoms with van der Waals surface area (Å²) in [6.45, 7) is 5.61. The van der Waals surface area contributed by atoms with Crippen LogP contribution in [0.2, 0.25) is 0 Å². The Morgan fingerprint density at radius 2 is 1.97 bits per heavy atom. The first-order valence-electron chi connectivity index (χ1n) is 10.7. The minimum atomic E-state index is -4.04. The quantitative estimate of drug-likeness (QED) is 0.486. The molecule has 3 aromatic rings. The van der Waals surface area contributed by atoms with Crippen molar-refractivity contribution in [1.29, 1.82) is 0 Å². The number of carbonyl (C=O) groups is 1. The summed E-state index contributed by atoms with van der Waals surface area (Å²) in [6, 6.07) is 12.7. The molecule has 7 nitrogen and oxygen atoms in total. The van der Waals surface area contributed by atoms with Crippen molar-refractivity contribution < 1.29 is 23.1 Å². The number of rotatable bonds is 8. The summed E-state index contributed by atoms with van der Waals surface area (Å²) in [4.78, 5) is 16.6. The second-order valence-electron chi connectivity index (χ2n) is 8.29. The highest BCUT2D eigenvalue weighted by atomic mass is 32.2. The molecule has 2 aromatic carbocycles. The summed E-state index contributed by atoms with van der Waals surface area (Å²) in [7, 11) is -4.04. The summed E-state index contributed by atoms with van der Waals surface area (Å²) in [5.41, 5.74) is 1.76. The average molecular weight is 467 g/mol. The first-order chi connectivity index (χ1) is 15.8. The minimum Gasteiger partial charge on any atom is -0.480 e. The highest BCUT2D eigenvalue weighted by Crippen LogP contribution is 2.42. The van der Waals surface area contributed by atoms with E-state index >= 15 is 0 Å². The van der Waals surface area contributed by atoms with Gasteiger partial charge in [0.15, 0.2) is 0 Å². The van der Waals surface area contributed by atoms with E-state index in [0.717, 1.165) is 21.9 Å². The van der Waals surface area contributed by atoms with E-state index in [1.165, 1.54) is 12.1 Å². The number of fused-ring (bicyclic) bond motifs is 1. The van der Waals surface area contributed by atoms with Crippen molar-refractivity contribution >= 4 is 26.8 Å². The van der Waals surface area contributed by atoms with E-state index < -0.39 is 40.2 Å². The largest absolute Gasteiger partial charge is 0.480 e. The fourth-order valence-corrected chi connectivity index (χ4v) is 5.62. The Bertz CT molecular complexity index is 1270. The lowest BCUT2D eigenvalue weighted by Gasteiger charge is -2.24. The maximum atomic E-state index is 13.0. The number of nitrogens with zero attached hydrogens (tertiary/aromatic N) is 1. The lowest BCUT2D eigenvalue weighted by atomic mass is 9.88. The summed E-state index contributed by atoms with van der Waals surface area (Å²) >= 11 is 0. The third-order valence-electron chi connectivity index (χ3n) is 6.06. The zero-order valence-electron chi connectivity index (χ0n) is 18.2. The fourth-order valence-electron chi connectivity index (χ4n) is 4.38. The van der Waals surface area contributed by atoms with Gasteiger partial charge in [0.1, 0.15) is 6.04 Å². The number of carboxylic acid groups (broad SMARTS) is 1. The Balaban J connectivity index is 1.66. The van der Waals surface area contributed by atoms with Crippen molar-refractivity contribution in [3.63, 3.8) is 0 Å². The Morgan fingerprint density at radius 3 is 2.67 bits per heavy atom. The molecule has 0 spiro atoms. The Kier molecular flexibility index (Phi) is 6.60. The van der Waals surface area contributed by atoms with Gasteiger partial charge in [-0.15, -0.1) is 6.58 Å². The number of benzene rings is 2. The van der Waals surface area contributed by atoms with Crippen LogP contribution in [0.4, 0.5) is 0 Å². The van der Waals surface area contributed by atoms with Crippen molar-refractivity contribution in [2.24, 2.45) is 5.92 Å².